The maximum Gasteiger partial charge on any atom is 0.234 e. The molecule has 2 aliphatic rings. The van der Waals surface area contributed by atoms with Crippen LogP contribution in [0.15, 0.2) is 54.6 Å². The van der Waals surface area contributed by atoms with Crippen molar-refractivity contribution in [2.24, 2.45) is 5.73 Å². The molecule has 0 bridgehead atoms. The fraction of sp³-hybridized carbons (Fsp3) is 0.429. The van der Waals surface area contributed by atoms with Crippen molar-refractivity contribution in [2.45, 2.75) is 83.9 Å². The van der Waals surface area contributed by atoms with E-state index < -0.39 is 0 Å². The van der Waals surface area contributed by atoms with Gasteiger partial charge in [-0.15, -0.1) is 0 Å². The molecule has 0 spiro atoms. The van der Waals surface area contributed by atoms with Gasteiger partial charge in [0.2, 0.25) is 5.91 Å². The molecule has 2 N–H and O–H groups in total. The number of nitrogens with zero attached hydrogens (tertiary/aromatic N) is 2. The predicted molar refractivity (Wildman–Crippen MR) is 162 cm³/mol. The van der Waals surface area contributed by atoms with Crippen LogP contribution in [0.3, 0.4) is 0 Å². The van der Waals surface area contributed by atoms with Crippen molar-refractivity contribution < 1.29 is 14.3 Å². The van der Waals surface area contributed by atoms with Crippen molar-refractivity contribution in [3.05, 3.63) is 82.4 Å². The van der Waals surface area contributed by atoms with Crippen LogP contribution in [0.1, 0.15) is 72.8 Å². The number of likely N-dealkylation sites (tertiary alicyclic amines) is 1. The molecule has 1 saturated heterocycles. The standard InChI is InChI=1S/C35H41N3O3/c1-25-27(14-10-15-28(25)26-12-4-2-5-13-26)24-41-33-22-34(40-21-9-3-7-19-36)31(29-16-11-17-30(29)33)23-38-20-8-6-18-32(38)35(37)39/h2,4-5,10,12-15,22,32H,3,6-9,11,16-18,20-21,23-24H2,1H3,(H2,37,39)/t32-/m0/s1. The Morgan fingerprint density at radius 1 is 1.00 bits per heavy atom. The van der Waals surface area contributed by atoms with E-state index in [4.69, 9.17) is 20.5 Å². The summed E-state index contributed by atoms with van der Waals surface area (Å²) in [6, 6.07) is 20.9. The van der Waals surface area contributed by atoms with Gasteiger partial charge in [-0.3, -0.25) is 9.69 Å². The molecular formula is C35H41N3O3. The van der Waals surface area contributed by atoms with Gasteiger partial charge in [-0.05, 0) is 91.8 Å². The summed E-state index contributed by atoms with van der Waals surface area (Å²) in [5.41, 5.74) is 14.4. The molecule has 1 fully saturated rings. The van der Waals surface area contributed by atoms with E-state index in [0.717, 1.165) is 69.4 Å². The lowest BCUT2D eigenvalue weighted by molar-refractivity contribution is -0.124. The molecular weight excluding hydrogens is 510 g/mol. The number of nitriles is 1. The van der Waals surface area contributed by atoms with Gasteiger partial charge in [0, 0.05) is 24.6 Å². The third-order valence-electron chi connectivity index (χ3n) is 8.60. The van der Waals surface area contributed by atoms with Crippen molar-refractivity contribution in [3.8, 4) is 28.7 Å². The van der Waals surface area contributed by atoms with E-state index in [0.29, 0.717) is 26.2 Å². The number of carbonyl (C=O) groups excluding carboxylic acids is 1. The molecule has 3 aromatic rings. The van der Waals surface area contributed by atoms with Crippen LogP contribution in [0.4, 0.5) is 0 Å². The summed E-state index contributed by atoms with van der Waals surface area (Å²) in [4.78, 5) is 14.5. The summed E-state index contributed by atoms with van der Waals surface area (Å²) in [6.07, 6.45) is 8.10. The number of nitrogens with two attached hydrogens (primary N) is 1. The molecule has 6 heteroatoms. The maximum atomic E-state index is 12.3. The topological polar surface area (TPSA) is 88.6 Å². The van der Waals surface area contributed by atoms with Crippen LogP contribution >= 0.6 is 0 Å². The highest BCUT2D eigenvalue weighted by atomic mass is 16.5. The zero-order valence-electron chi connectivity index (χ0n) is 24.2. The fourth-order valence-corrected chi connectivity index (χ4v) is 6.34. The Balaban J connectivity index is 1.43. The van der Waals surface area contributed by atoms with Crippen molar-refractivity contribution in [1.29, 1.82) is 5.26 Å². The molecule has 3 aromatic carbocycles. The molecule has 214 valence electrons. The number of rotatable bonds is 12. The highest BCUT2D eigenvalue weighted by molar-refractivity contribution is 5.80. The molecule has 1 aliphatic heterocycles. The first-order chi connectivity index (χ1) is 20.1. The monoisotopic (exact) mass is 551 g/mol. The Kier molecular flexibility index (Phi) is 9.59. The summed E-state index contributed by atoms with van der Waals surface area (Å²) in [6.45, 7) is 4.71. The van der Waals surface area contributed by atoms with Crippen LogP contribution in [0, 0.1) is 18.3 Å². The molecule has 1 amide bonds. The number of hydrogen-bond acceptors (Lipinski definition) is 5. The van der Waals surface area contributed by atoms with Crippen molar-refractivity contribution in [1.82, 2.24) is 4.90 Å². The van der Waals surface area contributed by atoms with Gasteiger partial charge in [0.1, 0.15) is 18.1 Å². The largest absolute Gasteiger partial charge is 0.493 e. The minimum absolute atomic E-state index is 0.236. The number of hydrogen-bond donors (Lipinski definition) is 1. The Morgan fingerprint density at radius 2 is 1.83 bits per heavy atom. The molecule has 0 unspecified atom stereocenters. The average molecular weight is 552 g/mol. The molecule has 0 aromatic heterocycles. The first kappa shape index (κ1) is 28.7. The molecule has 0 saturated carbocycles. The number of unbranched alkanes of at least 4 members (excludes halogenated alkanes) is 2. The van der Waals surface area contributed by atoms with Crippen molar-refractivity contribution in [3.63, 3.8) is 0 Å². The van der Waals surface area contributed by atoms with E-state index in [9.17, 15) is 4.79 Å². The minimum Gasteiger partial charge on any atom is -0.493 e. The Bertz CT molecular complexity index is 1400. The van der Waals surface area contributed by atoms with E-state index in [2.05, 4.69) is 66.4 Å². The second-order valence-electron chi connectivity index (χ2n) is 11.3. The van der Waals surface area contributed by atoms with E-state index in [1.165, 1.54) is 38.9 Å². The van der Waals surface area contributed by atoms with E-state index in [1.807, 2.05) is 6.07 Å². The molecule has 0 radical (unpaired) electrons. The van der Waals surface area contributed by atoms with E-state index in [1.54, 1.807) is 0 Å². The number of piperidine rings is 1. The van der Waals surface area contributed by atoms with Gasteiger partial charge in [-0.2, -0.15) is 5.26 Å². The van der Waals surface area contributed by atoms with Crippen LogP contribution < -0.4 is 15.2 Å². The molecule has 1 atom stereocenters. The molecule has 5 rings (SSSR count). The van der Waals surface area contributed by atoms with Crippen LogP contribution in [-0.2, 0) is 30.8 Å². The van der Waals surface area contributed by atoms with Crippen molar-refractivity contribution in [2.75, 3.05) is 13.2 Å². The van der Waals surface area contributed by atoms with Crippen LogP contribution in [-0.4, -0.2) is 30.0 Å². The van der Waals surface area contributed by atoms with Crippen LogP contribution in [0.2, 0.25) is 0 Å². The van der Waals surface area contributed by atoms with E-state index in [-0.39, 0.29) is 11.9 Å². The van der Waals surface area contributed by atoms with Crippen LogP contribution in [0.25, 0.3) is 11.1 Å². The summed E-state index contributed by atoms with van der Waals surface area (Å²) < 4.78 is 13.0. The number of ether oxygens (including phenoxy) is 2. The normalized spacial score (nSPS) is 16.6. The first-order valence-electron chi connectivity index (χ1n) is 15.0. The highest BCUT2D eigenvalue weighted by Gasteiger charge is 2.31. The third-order valence-corrected chi connectivity index (χ3v) is 8.60. The number of carbonyl (C=O) groups is 1. The van der Waals surface area contributed by atoms with Gasteiger partial charge < -0.3 is 15.2 Å². The Labute approximate surface area is 244 Å². The lowest BCUT2D eigenvalue weighted by atomic mass is 9.96. The van der Waals surface area contributed by atoms with Gasteiger partial charge in [0.25, 0.3) is 0 Å². The van der Waals surface area contributed by atoms with Gasteiger partial charge in [-0.1, -0.05) is 55.0 Å². The summed E-state index contributed by atoms with van der Waals surface area (Å²) >= 11 is 0. The third kappa shape index (κ3) is 6.74. The number of fused-ring (bicyclic) bond motifs is 1. The second-order valence-corrected chi connectivity index (χ2v) is 11.3. The fourth-order valence-electron chi connectivity index (χ4n) is 6.34. The lowest BCUT2D eigenvalue weighted by Gasteiger charge is -2.34. The number of benzene rings is 3. The second kappa shape index (κ2) is 13.7. The van der Waals surface area contributed by atoms with Crippen LogP contribution in [0.5, 0.6) is 11.5 Å². The van der Waals surface area contributed by atoms with E-state index >= 15 is 0 Å². The maximum absolute atomic E-state index is 12.3. The predicted octanol–water partition coefficient (Wildman–Crippen LogP) is 6.64. The van der Waals surface area contributed by atoms with Crippen molar-refractivity contribution >= 4 is 5.91 Å². The zero-order valence-corrected chi connectivity index (χ0v) is 24.2. The van der Waals surface area contributed by atoms with Gasteiger partial charge in [-0.25, -0.2) is 0 Å². The first-order valence-corrected chi connectivity index (χ1v) is 15.0. The zero-order chi connectivity index (χ0) is 28.6. The summed E-state index contributed by atoms with van der Waals surface area (Å²) in [5, 5.41) is 8.92. The highest BCUT2D eigenvalue weighted by Crippen LogP contribution is 2.41. The Hall–Kier alpha value is -3.82. The van der Waals surface area contributed by atoms with Gasteiger partial charge in [0.05, 0.1) is 18.7 Å². The van der Waals surface area contributed by atoms with Gasteiger partial charge >= 0.3 is 0 Å². The SMILES string of the molecule is Cc1c(COc2cc(OCCCCC#N)c(CN3CCCC[C@H]3C(N)=O)c3c2CCC3)cccc1-c1ccccc1. The average Bonchev–Trinajstić information content (AvgIpc) is 3.49. The number of amides is 1. The summed E-state index contributed by atoms with van der Waals surface area (Å²) in [5.74, 6) is 1.48. The lowest BCUT2D eigenvalue weighted by Crippen LogP contribution is -2.47. The summed E-state index contributed by atoms with van der Waals surface area (Å²) in [7, 11) is 0. The molecule has 41 heavy (non-hydrogen) atoms. The number of primary amides is 1. The molecule has 1 aliphatic carbocycles. The minimum atomic E-state index is -0.242. The quantitative estimate of drug-likeness (QED) is 0.255. The molecule has 1 heterocycles. The Morgan fingerprint density at radius 3 is 2.63 bits per heavy atom. The van der Waals surface area contributed by atoms with Gasteiger partial charge in [0.15, 0.2) is 0 Å². The molecule has 6 nitrogen and oxygen atoms in total. The smallest absolute Gasteiger partial charge is 0.234 e.